The number of hydrogen-bond acceptors (Lipinski definition) is 3. The van der Waals surface area contributed by atoms with Crippen molar-refractivity contribution in [1.29, 1.82) is 0 Å². The zero-order valence-corrected chi connectivity index (χ0v) is 12.0. The van der Waals surface area contributed by atoms with Crippen LogP contribution in [0.3, 0.4) is 0 Å². The highest BCUT2D eigenvalue weighted by molar-refractivity contribution is 5.77. The molecule has 0 bridgehead atoms. The van der Waals surface area contributed by atoms with Crippen LogP contribution in [-0.2, 0) is 9.53 Å². The zero-order chi connectivity index (χ0) is 14.5. The van der Waals surface area contributed by atoms with Crippen molar-refractivity contribution in [2.45, 2.75) is 51.2 Å². The maximum absolute atomic E-state index is 12.2. The fourth-order valence-corrected chi connectivity index (χ4v) is 3.17. The van der Waals surface area contributed by atoms with Crippen LogP contribution >= 0.6 is 0 Å². The van der Waals surface area contributed by atoms with Gasteiger partial charge in [0.05, 0.1) is 12.0 Å². The largest absolute Gasteiger partial charge is 0.481 e. The summed E-state index contributed by atoms with van der Waals surface area (Å²) in [4.78, 5) is 25.1. The van der Waals surface area contributed by atoms with Crippen LogP contribution in [-0.4, -0.2) is 53.8 Å². The molecule has 0 spiro atoms. The zero-order valence-electron chi connectivity index (χ0n) is 12.0. The second-order valence-corrected chi connectivity index (χ2v) is 5.60. The molecule has 0 aromatic rings. The number of ether oxygens (including phenoxy) is 1. The van der Waals surface area contributed by atoms with Crippen LogP contribution in [0.25, 0.3) is 0 Å². The lowest BCUT2D eigenvalue weighted by molar-refractivity contribution is -0.142. The third-order valence-electron chi connectivity index (χ3n) is 4.21. The lowest BCUT2D eigenvalue weighted by Gasteiger charge is -2.33. The van der Waals surface area contributed by atoms with Crippen LogP contribution in [0.5, 0.6) is 0 Å². The smallest absolute Gasteiger partial charge is 0.317 e. The number of carbonyl (C=O) groups excluding carboxylic acids is 1. The number of rotatable bonds is 4. The Hall–Kier alpha value is -1.30. The van der Waals surface area contributed by atoms with Crippen molar-refractivity contribution in [3.8, 4) is 0 Å². The molecule has 0 aromatic heterocycles. The van der Waals surface area contributed by atoms with Gasteiger partial charge in [-0.2, -0.15) is 0 Å². The maximum Gasteiger partial charge on any atom is 0.317 e. The van der Waals surface area contributed by atoms with Gasteiger partial charge < -0.3 is 20.1 Å². The van der Waals surface area contributed by atoms with Gasteiger partial charge in [0.25, 0.3) is 0 Å². The van der Waals surface area contributed by atoms with Gasteiger partial charge in [0.1, 0.15) is 0 Å². The molecule has 3 unspecified atom stereocenters. The van der Waals surface area contributed by atoms with E-state index in [0.29, 0.717) is 19.6 Å². The molecule has 2 amide bonds. The van der Waals surface area contributed by atoms with E-state index in [9.17, 15) is 9.59 Å². The highest BCUT2D eigenvalue weighted by Gasteiger charge is 2.35. The fraction of sp³-hybridized carbons (Fsp3) is 0.857. The Labute approximate surface area is 119 Å². The van der Waals surface area contributed by atoms with Crippen molar-refractivity contribution < 1.29 is 19.4 Å². The summed E-state index contributed by atoms with van der Waals surface area (Å²) in [5.74, 6) is -1.25. The van der Waals surface area contributed by atoms with Gasteiger partial charge >= 0.3 is 12.0 Å². The number of carboxylic acids is 1. The third kappa shape index (κ3) is 3.62. The fourth-order valence-electron chi connectivity index (χ4n) is 3.17. The lowest BCUT2D eigenvalue weighted by atomic mass is 10.0. The highest BCUT2D eigenvalue weighted by Crippen LogP contribution is 2.26. The van der Waals surface area contributed by atoms with Gasteiger partial charge in [0.15, 0.2) is 0 Å². The van der Waals surface area contributed by atoms with E-state index >= 15 is 0 Å². The van der Waals surface area contributed by atoms with E-state index in [4.69, 9.17) is 9.84 Å². The van der Waals surface area contributed by atoms with Crippen molar-refractivity contribution >= 4 is 12.0 Å². The van der Waals surface area contributed by atoms with E-state index in [1.165, 1.54) is 0 Å². The summed E-state index contributed by atoms with van der Waals surface area (Å²) in [6.07, 6.45) is 4.30. The number of aliphatic carboxylic acids is 1. The predicted molar refractivity (Wildman–Crippen MR) is 73.5 cm³/mol. The molecule has 0 aromatic carbocycles. The Bertz CT molecular complexity index is 359. The van der Waals surface area contributed by atoms with Crippen molar-refractivity contribution in [2.24, 2.45) is 5.92 Å². The van der Waals surface area contributed by atoms with Crippen molar-refractivity contribution in [1.82, 2.24) is 10.2 Å². The number of hydrogen-bond donors (Lipinski definition) is 2. The van der Waals surface area contributed by atoms with Gasteiger partial charge in [-0.25, -0.2) is 4.79 Å². The van der Waals surface area contributed by atoms with Crippen LogP contribution in [0.4, 0.5) is 4.79 Å². The first-order valence-electron chi connectivity index (χ1n) is 7.51. The van der Waals surface area contributed by atoms with Crippen LogP contribution in [0.2, 0.25) is 0 Å². The Morgan fingerprint density at radius 1 is 1.30 bits per heavy atom. The number of carbonyl (C=O) groups is 2. The molecule has 1 saturated carbocycles. The van der Waals surface area contributed by atoms with Gasteiger partial charge in [-0.15, -0.1) is 0 Å². The summed E-state index contributed by atoms with van der Waals surface area (Å²) < 4.78 is 5.58. The topological polar surface area (TPSA) is 78.9 Å². The molecule has 6 heteroatoms. The Morgan fingerprint density at radius 3 is 2.80 bits per heavy atom. The second-order valence-electron chi connectivity index (χ2n) is 5.60. The monoisotopic (exact) mass is 284 g/mol. The first kappa shape index (κ1) is 15.1. The Kier molecular flexibility index (Phi) is 5.23. The summed E-state index contributed by atoms with van der Waals surface area (Å²) in [6.45, 7) is 3.93. The maximum atomic E-state index is 12.2. The number of nitrogens with zero attached hydrogens (tertiary/aromatic N) is 1. The molecular formula is C14H24N2O4. The molecule has 114 valence electrons. The molecule has 1 saturated heterocycles. The van der Waals surface area contributed by atoms with Crippen LogP contribution in [0, 0.1) is 5.92 Å². The van der Waals surface area contributed by atoms with Gasteiger partial charge in [-0.1, -0.05) is 6.42 Å². The molecule has 0 radical (unpaired) electrons. The number of likely N-dealkylation sites (tertiary alicyclic amines) is 1. The van der Waals surface area contributed by atoms with Crippen LogP contribution < -0.4 is 5.32 Å². The number of urea groups is 1. The van der Waals surface area contributed by atoms with Crippen molar-refractivity contribution in [2.75, 3.05) is 19.7 Å². The Balaban J connectivity index is 1.86. The minimum absolute atomic E-state index is 0.110. The van der Waals surface area contributed by atoms with E-state index in [1.807, 2.05) is 6.92 Å². The summed E-state index contributed by atoms with van der Waals surface area (Å²) in [5.41, 5.74) is 0. The van der Waals surface area contributed by atoms with E-state index < -0.39 is 11.9 Å². The van der Waals surface area contributed by atoms with Gasteiger partial charge in [0.2, 0.25) is 0 Å². The highest BCUT2D eigenvalue weighted by atomic mass is 16.5. The number of carboxylic acid groups (broad SMARTS) is 1. The van der Waals surface area contributed by atoms with Crippen LogP contribution in [0.15, 0.2) is 0 Å². The summed E-state index contributed by atoms with van der Waals surface area (Å²) in [7, 11) is 0. The van der Waals surface area contributed by atoms with Crippen LogP contribution in [0.1, 0.15) is 39.0 Å². The normalized spacial score (nSPS) is 30.2. The summed E-state index contributed by atoms with van der Waals surface area (Å²) >= 11 is 0. The number of piperidine rings is 1. The molecule has 6 nitrogen and oxygen atoms in total. The van der Waals surface area contributed by atoms with Crippen molar-refractivity contribution in [3.05, 3.63) is 0 Å². The molecule has 2 rings (SSSR count). The van der Waals surface area contributed by atoms with Gasteiger partial charge in [0, 0.05) is 25.7 Å². The summed E-state index contributed by atoms with van der Waals surface area (Å²) in [5, 5.41) is 12.0. The predicted octanol–water partition coefficient (Wildman–Crippen LogP) is 1.45. The minimum Gasteiger partial charge on any atom is -0.481 e. The van der Waals surface area contributed by atoms with E-state index in [0.717, 1.165) is 32.2 Å². The molecule has 2 fully saturated rings. The van der Waals surface area contributed by atoms with Gasteiger partial charge in [-0.3, -0.25) is 4.79 Å². The van der Waals surface area contributed by atoms with E-state index in [2.05, 4.69) is 5.32 Å². The molecule has 20 heavy (non-hydrogen) atoms. The average molecular weight is 284 g/mol. The molecule has 3 atom stereocenters. The molecule has 1 aliphatic carbocycles. The third-order valence-corrected chi connectivity index (χ3v) is 4.21. The average Bonchev–Trinajstić information content (AvgIpc) is 2.88. The van der Waals surface area contributed by atoms with E-state index in [1.54, 1.807) is 4.90 Å². The molecule has 1 heterocycles. The number of amides is 2. The first-order chi connectivity index (χ1) is 9.61. The molecule has 2 aliphatic rings. The minimum atomic E-state index is -0.807. The van der Waals surface area contributed by atoms with Crippen molar-refractivity contribution in [3.63, 3.8) is 0 Å². The summed E-state index contributed by atoms with van der Waals surface area (Å²) in [6, 6.07) is -0.375. The molecule has 2 N–H and O–H groups in total. The SMILES string of the molecule is CCOC1CCCN(C(=O)NC2CCCC2C(=O)O)C1. The first-order valence-corrected chi connectivity index (χ1v) is 7.51. The molecule has 1 aliphatic heterocycles. The Morgan fingerprint density at radius 2 is 2.10 bits per heavy atom. The molecular weight excluding hydrogens is 260 g/mol. The van der Waals surface area contributed by atoms with Gasteiger partial charge in [-0.05, 0) is 32.6 Å². The quantitative estimate of drug-likeness (QED) is 0.819. The van der Waals surface area contributed by atoms with E-state index in [-0.39, 0.29) is 18.2 Å². The number of nitrogens with one attached hydrogen (secondary N) is 1. The second kappa shape index (κ2) is 6.92. The standard InChI is InChI=1S/C14H24N2O4/c1-2-20-10-5-4-8-16(9-10)14(19)15-12-7-3-6-11(12)13(17)18/h10-12H,2-9H2,1H3,(H,15,19)(H,17,18). The lowest BCUT2D eigenvalue weighted by Crippen LogP contribution is -2.51.